The van der Waals surface area contributed by atoms with Gasteiger partial charge in [-0.2, -0.15) is 0 Å². The number of urea groups is 1. The number of imidazole rings is 1. The van der Waals surface area contributed by atoms with Gasteiger partial charge in [-0.15, -0.1) is 0 Å². The van der Waals surface area contributed by atoms with Gasteiger partial charge in [-0.05, 0) is 54.2 Å². The first kappa shape index (κ1) is 19.8. The van der Waals surface area contributed by atoms with Gasteiger partial charge in [-0.3, -0.25) is 5.32 Å². The zero-order valence-corrected chi connectivity index (χ0v) is 17.9. The molecule has 3 aromatic rings. The average molecular weight is 429 g/mol. The number of carbonyl (C=O) groups excluding carboxylic acids is 1. The zero-order chi connectivity index (χ0) is 20.8. The van der Waals surface area contributed by atoms with E-state index in [1.807, 2.05) is 49.4 Å². The first-order chi connectivity index (χ1) is 13.8. The molecule has 1 aliphatic rings. The van der Waals surface area contributed by atoms with Crippen molar-refractivity contribution in [1.29, 1.82) is 0 Å². The van der Waals surface area contributed by atoms with Crippen molar-refractivity contribution in [2.45, 2.75) is 32.6 Å². The molecule has 2 atom stereocenters. The number of rotatable bonds is 4. The Kier molecular flexibility index (Phi) is 5.05. The Morgan fingerprint density at radius 1 is 1.03 bits per heavy atom. The van der Waals surface area contributed by atoms with Gasteiger partial charge in [0.15, 0.2) is 0 Å². The van der Waals surface area contributed by atoms with Crippen LogP contribution in [0.3, 0.4) is 0 Å². The molecule has 29 heavy (non-hydrogen) atoms. The van der Waals surface area contributed by atoms with Crippen molar-refractivity contribution in [3.63, 3.8) is 0 Å². The molecule has 1 saturated carbocycles. The average Bonchev–Trinajstić information content (AvgIpc) is 3.02. The number of aryl methyl sites for hydroxylation is 1. The lowest BCUT2D eigenvalue weighted by molar-refractivity contribution is 0.262. The third kappa shape index (κ3) is 3.98. The Morgan fingerprint density at radius 2 is 1.69 bits per heavy atom. The summed E-state index contributed by atoms with van der Waals surface area (Å²) in [6.45, 7) is 6.39. The van der Waals surface area contributed by atoms with Crippen LogP contribution in [0.25, 0.3) is 0 Å². The van der Waals surface area contributed by atoms with E-state index in [0.29, 0.717) is 16.0 Å². The number of aromatic amines is 1. The van der Waals surface area contributed by atoms with Crippen molar-refractivity contribution in [3.8, 4) is 0 Å². The van der Waals surface area contributed by atoms with Crippen molar-refractivity contribution in [1.82, 2.24) is 9.97 Å². The summed E-state index contributed by atoms with van der Waals surface area (Å²) in [7, 11) is 0. The van der Waals surface area contributed by atoms with Crippen molar-refractivity contribution >= 4 is 40.9 Å². The van der Waals surface area contributed by atoms with Crippen LogP contribution in [0.15, 0.2) is 48.5 Å². The van der Waals surface area contributed by atoms with Crippen molar-refractivity contribution in [2.75, 3.05) is 10.6 Å². The van der Waals surface area contributed by atoms with Crippen molar-refractivity contribution < 1.29 is 4.79 Å². The van der Waals surface area contributed by atoms with Gasteiger partial charge in [-0.1, -0.05) is 55.2 Å². The number of para-hydroxylation sites is 1. The number of H-pyrrole nitrogens is 1. The molecule has 0 spiro atoms. The lowest BCUT2D eigenvalue weighted by Gasteiger charge is -2.04. The molecule has 5 nitrogen and oxygen atoms in total. The number of anilines is 2. The lowest BCUT2D eigenvalue weighted by atomic mass is 10.0. The number of halogens is 2. The highest BCUT2D eigenvalue weighted by atomic mass is 35.5. The van der Waals surface area contributed by atoms with Gasteiger partial charge in [0.1, 0.15) is 0 Å². The van der Waals surface area contributed by atoms with Gasteiger partial charge in [0.05, 0.1) is 5.69 Å². The van der Waals surface area contributed by atoms with Crippen LogP contribution in [0, 0.1) is 12.3 Å². The normalized spacial score (nSPS) is 19.6. The van der Waals surface area contributed by atoms with Crippen molar-refractivity contribution in [2.24, 2.45) is 5.41 Å². The van der Waals surface area contributed by atoms with E-state index in [1.54, 1.807) is 6.07 Å². The van der Waals surface area contributed by atoms with E-state index in [0.717, 1.165) is 22.6 Å². The summed E-state index contributed by atoms with van der Waals surface area (Å²) >= 11 is 12.4. The van der Waals surface area contributed by atoms with Crippen LogP contribution < -0.4 is 10.6 Å². The SMILES string of the molecule is Cc1[nH]c(NC(=O)Nc2ccccc2)nc1[C@@H]1[C@@H](c2cc(Cl)cc(Cl)c2)C1(C)C. The highest BCUT2D eigenvalue weighted by Crippen LogP contribution is 2.70. The second kappa shape index (κ2) is 7.39. The van der Waals surface area contributed by atoms with E-state index >= 15 is 0 Å². The summed E-state index contributed by atoms with van der Waals surface area (Å²) in [5.74, 6) is 0.893. The summed E-state index contributed by atoms with van der Waals surface area (Å²) in [5.41, 5.74) is 3.73. The highest BCUT2D eigenvalue weighted by Gasteiger charge is 2.60. The summed E-state index contributed by atoms with van der Waals surface area (Å²) in [6.07, 6.45) is 0. The molecule has 0 unspecified atom stereocenters. The first-order valence-electron chi connectivity index (χ1n) is 9.41. The van der Waals surface area contributed by atoms with E-state index in [9.17, 15) is 4.79 Å². The van der Waals surface area contributed by atoms with Gasteiger partial charge in [0, 0.05) is 27.3 Å². The Balaban J connectivity index is 1.52. The first-order valence-corrected chi connectivity index (χ1v) is 10.2. The smallest absolute Gasteiger partial charge is 0.326 e. The summed E-state index contributed by atoms with van der Waals surface area (Å²) < 4.78 is 0. The summed E-state index contributed by atoms with van der Waals surface area (Å²) in [4.78, 5) is 20.1. The molecule has 1 aromatic heterocycles. The number of nitrogens with one attached hydrogen (secondary N) is 3. The van der Waals surface area contributed by atoms with Gasteiger partial charge in [-0.25, -0.2) is 9.78 Å². The second-order valence-electron chi connectivity index (χ2n) is 8.02. The standard InChI is InChI=1S/C22H22Cl2N4O/c1-12-19(18-17(22(18,2)3)13-9-14(23)11-15(24)10-13)27-20(25-12)28-21(29)26-16-7-5-4-6-8-16/h4-11,17-18H,1-3H3,(H3,25,26,27,28,29)/t17-,18+/m1/s1. The fourth-order valence-electron chi connectivity index (χ4n) is 4.15. The molecule has 3 N–H and O–H groups in total. The number of carbonyl (C=O) groups is 1. The minimum absolute atomic E-state index is 0.0114. The second-order valence-corrected chi connectivity index (χ2v) is 8.89. The van der Waals surface area contributed by atoms with E-state index in [1.165, 1.54) is 0 Å². The van der Waals surface area contributed by atoms with Crippen LogP contribution in [0.1, 0.15) is 42.6 Å². The maximum atomic E-state index is 12.3. The monoisotopic (exact) mass is 428 g/mol. The van der Waals surface area contributed by atoms with E-state index in [2.05, 4.69) is 34.4 Å². The molecule has 1 heterocycles. The number of nitrogens with zero attached hydrogens (tertiary/aromatic N) is 1. The van der Waals surface area contributed by atoms with Crippen LogP contribution in [-0.2, 0) is 0 Å². The van der Waals surface area contributed by atoms with Crippen molar-refractivity contribution in [3.05, 3.63) is 75.5 Å². The fraction of sp³-hybridized carbons (Fsp3) is 0.273. The topological polar surface area (TPSA) is 69.8 Å². The number of amides is 2. The molecule has 0 radical (unpaired) electrons. The zero-order valence-electron chi connectivity index (χ0n) is 16.4. The fourth-order valence-corrected chi connectivity index (χ4v) is 4.70. The predicted molar refractivity (Wildman–Crippen MR) is 118 cm³/mol. The molecular formula is C22H22Cl2N4O. The minimum Gasteiger partial charge on any atom is -0.328 e. The minimum atomic E-state index is -0.343. The third-order valence-electron chi connectivity index (χ3n) is 5.55. The Bertz CT molecular complexity index is 1040. The van der Waals surface area contributed by atoms with Crippen LogP contribution in [0.5, 0.6) is 0 Å². The molecule has 2 aromatic carbocycles. The van der Waals surface area contributed by atoms with E-state index in [4.69, 9.17) is 23.2 Å². The molecule has 1 aliphatic carbocycles. The number of aromatic nitrogens is 2. The molecule has 4 rings (SSSR count). The van der Waals surface area contributed by atoms with E-state index < -0.39 is 0 Å². The number of benzene rings is 2. The molecule has 1 fully saturated rings. The Hall–Kier alpha value is -2.50. The maximum absolute atomic E-state index is 12.3. The molecule has 150 valence electrons. The highest BCUT2D eigenvalue weighted by molar-refractivity contribution is 6.34. The number of hydrogen-bond acceptors (Lipinski definition) is 2. The quantitative estimate of drug-likeness (QED) is 0.439. The molecular weight excluding hydrogens is 407 g/mol. The molecule has 0 bridgehead atoms. The molecule has 2 amide bonds. The van der Waals surface area contributed by atoms with Crippen LogP contribution in [0.2, 0.25) is 10.0 Å². The van der Waals surface area contributed by atoms with Crippen LogP contribution in [0.4, 0.5) is 16.4 Å². The lowest BCUT2D eigenvalue weighted by Crippen LogP contribution is -2.20. The summed E-state index contributed by atoms with van der Waals surface area (Å²) in [5, 5.41) is 6.83. The molecule has 0 aliphatic heterocycles. The summed E-state index contributed by atoms with van der Waals surface area (Å²) in [6, 6.07) is 14.6. The van der Waals surface area contributed by atoms with Crippen LogP contribution >= 0.6 is 23.2 Å². The van der Waals surface area contributed by atoms with Gasteiger partial charge in [0.25, 0.3) is 0 Å². The molecule has 0 saturated heterocycles. The predicted octanol–water partition coefficient (Wildman–Crippen LogP) is 6.58. The largest absolute Gasteiger partial charge is 0.328 e. The van der Waals surface area contributed by atoms with Crippen LogP contribution in [-0.4, -0.2) is 16.0 Å². The Labute approximate surface area is 179 Å². The Morgan fingerprint density at radius 3 is 2.34 bits per heavy atom. The third-order valence-corrected chi connectivity index (χ3v) is 5.99. The number of hydrogen-bond donors (Lipinski definition) is 3. The van der Waals surface area contributed by atoms with Gasteiger partial charge < -0.3 is 10.3 Å². The van der Waals surface area contributed by atoms with Gasteiger partial charge in [0.2, 0.25) is 5.95 Å². The van der Waals surface area contributed by atoms with Gasteiger partial charge >= 0.3 is 6.03 Å². The maximum Gasteiger partial charge on any atom is 0.326 e. The molecule has 7 heteroatoms. The van der Waals surface area contributed by atoms with E-state index in [-0.39, 0.29) is 23.3 Å².